The van der Waals surface area contributed by atoms with Gasteiger partial charge in [0, 0.05) is 25.1 Å². The van der Waals surface area contributed by atoms with Crippen LogP contribution in [0.1, 0.15) is 48.9 Å². The van der Waals surface area contributed by atoms with Crippen molar-refractivity contribution in [3.8, 4) is 5.75 Å². The number of ether oxygens (including phenoxy) is 1. The minimum Gasteiger partial charge on any atom is -0.493 e. The van der Waals surface area contributed by atoms with Crippen molar-refractivity contribution in [1.29, 1.82) is 0 Å². The Hall–Kier alpha value is -1.80. The number of piperidine rings is 1. The fourth-order valence-corrected chi connectivity index (χ4v) is 4.33. The van der Waals surface area contributed by atoms with E-state index in [2.05, 4.69) is 52.5 Å². The van der Waals surface area contributed by atoms with Crippen LogP contribution in [-0.2, 0) is 13.1 Å². The lowest BCUT2D eigenvalue weighted by Gasteiger charge is -2.30. The third-order valence-electron chi connectivity index (χ3n) is 5.88. The maximum Gasteiger partial charge on any atom is 0.189 e. The zero-order valence-corrected chi connectivity index (χ0v) is 20.0. The second kappa shape index (κ2) is 11.0. The number of aliphatic imine (C=N–C) groups is 1. The molecule has 0 spiro atoms. The normalized spacial score (nSPS) is 21.8. The summed E-state index contributed by atoms with van der Waals surface area (Å²) in [6.07, 6.45) is 3.57. The maximum atomic E-state index is 6.17. The Morgan fingerprint density at radius 1 is 1.13 bits per heavy atom. The summed E-state index contributed by atoms with van der Waals surface area (Å²) in [7, 11) is 0. The van der Waals surface area contributed by atoms with Gasteiger partial charge >= 0.3 is 0 Å². The fourth-order valence-electron chi connectivity index (χ4n) is 4.33. The first-order valence-corrected chi connectivity index (χ1v) is 10.8. The smallest absolute Gasteiger partial charge is 0.189 e. The average Bonchev–Trinajstić information content (AvgIpc) is 2.74. The molecule has 2 aromatic rings. The minimum atomic E-state index is 0. The third kappa shape index (κ3) is 6.11. The summed E-state index contributed by atoms with van der Waals surface area (Å²) < 4.78 is 5.71. The van der Waals surface area contributed by atoms with Crippen molar-refractivity contribution in [2.24, 2.45) is 16.6 Å². The molecule has 2 heterocycles. The monoisotopic (exact) mass is 520 g/mol. The largest absolute Gasteiger partial charge is 0.493 e. The van der Waals surface area contributed by atoms with E-state index in [0.29, 0.717) is 19.1 Å². The zero-order chi connectivity index (χ0) is 20.1. The number of rotatable bonds is 5. The third-order valence-corrected chi connectivity index (χ3v) is 5.88. The van der Waals surface area contributed by atoms with Crippen LogP contribution in [0.3, 0.4) is 0 Å². The summed E-state index contributed by atoms with van der Waals surface area (Å²) in [6, 6.07) is 17.1. The standard InChI is InChI=1S/C24H32N4O.HI/c1-18-5-4-13-28(16-18)17-20-10-8-19(9-11-20)15-26-24(25)27-22-12-14-29-23-7-3-2-6-21(22)23;/h2-3,6-11,18,22H,4-5,12-17H2,1H3,(H3,25,26,27);1H. The Bertz CT molecular complexity index is 839. The van der Waals surface area contributed by atoms with Crippen molar-refractivity contribution in [3.63, 3.8) is 0 Å². The Balaban J connectivity index is 0.00000256. The summed E-state index contributed by atoms with van der Waals surface area (Å²) in [5, 5.41) is 3.36. The molecule has 0 radical (unpaired) electrons. The van der Waals surface area contributed by atoms with Crippen molar-refractivity contribution >= 4 is 29.9 Å². The van der Waals surface area contributed by atoms with Crippen LogP contribution in [-0.4, -0.2) is 30.6 Å². The number of para-hydroxylation sites is 1. The summed E-state index contributed by atoms with van der Waals surface area (Å²) in [5.41, 5.74) is 9.86. The highest BCUT2D eigenvalue weighted by molar-refractivity contribution is 14.0. The van der Waals surface area contributed by atoms with Crippen LogP contribution < -0.4 is 15.8 Å². The highest BCUT2D eigenvalue weighted by Crippen LogP contribution is 2.31. The van der Waals surface area contributed by atoms with Gasteiger partial charge in [0.2, 0.25) is 0 Å². The van der Waals surface area contributed by atoms with Crippen LogP contribution in [0.2, 0.25) is 0 Å². The molecular formula is C24H33IN4O. The number of halogens is 1. The Labute approximate surface area is 197 Å². The molecular weight excluding hydrogens is 487 g/mol. The van der Waals surface area contributed by atoms with Gasteiger partial charge in [0.05, 0.1) is 19.2 Å². The maximum absolute atomic E-state index is 6.17. The molecule has 0 aromatic heterocycles. The van der Waals surface area contributed by atoms with Crippen LogP contribution in [0.5, 0.6) is 5.75 Å². The van der Waals surface area contributed by atoms with Crippen molar-refractivity contribution in [1.82, 2.24) is 10.2 Å². The topological polar surface area (TPSA) is 62.9 Å². The van der Waals surface area contributed by atoms with E-state index in [4.69, 9.17) is 10.5 Å². The molecule has 2 aromatic carbocycles. The second-order valence-electron chi connectivity index (χ2n) is 8.37. The number of hydrogen-bond donors (Lipinski definition) is 2. The van der Waals surface area contributed by atoms with Gasteiger partial charge in [0.15, 0.2) is 5.96 Å². The molecule has 3 N–H and O–H groups in total. The number of fused-ring (bicyclic) bond motifs is 1. The summed E-state index contributed by atoms with van der Waals surface area (Å²) >= 11 is 0. The van der Waals surface area contributed by atoms with Crippen LogP contribution >= 0.6 is 24.0 Å². The van der Waals surface area contributed by atoms with E-state index in [-0.39, 0.29) is 30.0 Å². The van der Waals surface area contributed by atoms with Gasteiger partial charge in [-0.25, -0.2) is 4.99 Å². The summed E-state index contributed by atoms with van der Waals surface area (Å²) in [4.78, 5) is 7.11. The van der Waals surface area contributed by atoms with Gasteiger partial charge in [0.25, 0.3) is 0 Å². The van der Waals surface area contributed by atoms with Gasteiger partial charge in [-0.15, -0.1) is 24.0 Å². The van der Waals surface area contributed by atoms with E-state index in [0.717, 1.165) is 30.2 Å². The molecule has 30 heavy (non-hydrogen) atoms. The van der Waals surface area contributed by atoms with Gasteiger partial charge in [0.1, 0.15) is 5.75 Å². The summed E-state index contributed by atoms with van der Waals surface area (Å²) in [5.74, 6) is 2.23. The first-order chi connectivity index (χ1) is 14.2. The molecule has 2 atom stereocenters. The molecule has 162 valence electrons. The van der Waals surface area contributed by atoms with E-state index in [1.165, 1.54) is 37.1 Å². The molecule has 0 aliphatic carbocycles. The lowest BCUT2D eigenvalue weighted by atomic mass is 9.99. The Kier molecular flexibility index (Phi) is 8.39. The molecule has 2 unspecified atom stereocenters. The lowest BCUT2D eigenvalue weighted by molar-refractivity contribution is 0.176. The van der Waals surface area contributed by atoms with Gasteiger partial charge in [-0.3, -0.25) is 4.90 Å². The number of hydrogen-bond acceptors (Lipinski definition) is 3. The minimum absolute atomic E-state index is 0. The number of guanidine groups is 1. The summed E-state index contributed by atoms with van der Waals surface area (Å²) in [6.45, 7) is 7.10. The molecule has 0 bridgehead atoms. The number of likely N-dealkylation sites (tertiary alicyclic amines) is 1. The van der Waals surface area contributed by atoms with E-state index in [1.54, 1.807) is 0 Å². The number of nitrogens with two attached hydrogens (primary N) is 1. The molecule has 5 nitrogen and oxygen atoms in total. The quantitative estimate of drug-likeness (QED) is 0.347. The average molecular weight is 520 g/mol. The highest BCUT2D eigenvalue weighted by atomic mass is 127. The fraction of sp³-hybridized carbons (Fsp3) is 0.458. The van der Waals surface area contributed by atoms with Gasteiger partial charge in [-0.1, -0.05) is 49.4 Å². The molecule has 0 amide bonds. The molecule has 1 saturated heterocycles. The number of nitrogens with one attached hydrogen (secondary N) is 1. The van der Waals surface area contributed by atoms with Crippen molar-refractivity contribution in [2.75, 3.05) is 19.7 Å². The number of nitrogens with zero attached hydrogens (tertiary/aromatic N) is 2. The van der Waals surface area contributed by atoms with E-state index in [1.807, 2.05) is 18.2 Å². The first-order valence-electron chi connectivity index (χ1n) is 10.8. The zero-order valence-electron chi connectivity index (χ0n) is 17.7. The van der Waals surface area contributed by atoms with Crippen LogP contribution in [0.4, 0.5) is 0 Å². The van der Waals surface area contributed by atoms with Gasteiger partial charge < -0.3 is 15.8 Å². The van der Waals surface area contributed by atoms with Crippen molar-refractivity contribution in [2.45, 2.75) is 45.3 Å². The molecule has 4 rings (SSSR count). The molecule has 0 saturated carbocycles. The van der Waals surface area contributed by atoms with Crippen LogP contribution in [0.15, 0.2) is 53.5 Å². The predicted octanol–water partition coefficient (Wildman–Crippen LogP) is 4.46. The molecule has 1 fully saturated rings. The lowest BCUT2D eigenvalue weighted by Crippen LogP contribution is -2.37. The molecule has 2 aliphatic rings. The van der Waals surface area contributed by atoms with Crippen molar-refractivity contribution in [3.05, 3.63) is 65.2 Å². The van der Waals surface area contributed by atoms with Crippen molar-refractivity contribution < 1.29 is 4.74 Å². The SMILES string of the molecule is CC1CCCN(Cc2ccc(CN=C(N)NC3CCOc4ccccc43)cc2)C1.I. The van der Waals surface area contributed by atoms with Crippen LogP contribution in [0, 0.1) is 5.92 Å². The van der Waals surface area contributed by atoms with E-state index >= 15 is 0 Å². The second-order valence-corrected chi connectivity index (χ2v) is 8.37. The van der Waals surface area contributed by atoms with Crippen LogP contribution in [0.25, 0.3) is 0 Å². The van der Waals surface area contributed by atoms with E-state index in [9.17, 15) is 0 Å². The first kappa shape index (κ1) is 22.9. The van der Waals surface area contributed by atoms with Gasteiger partial charge in [-0.2, -0.15) is 0 Å². The number of benzene rings is 2. The Morgan fingerprint density at radius 3 is 2.70 bits per heavy atom. The highest BCUT2D eigenvalue weighted by Gasteiger charge is 2.21. The Morgan fingerprint density at radius 2 is 1.90 bits per heavy atom. The molecule has 6 heteroatoms. The van der Waals surface area contributed by atoms with Gasteiger partial charge in [-0.05, 0) is 42.5 Å². The van der Waals surface area contributed by atoms with E-state index < -0.39 is 0 Å². The predicted molar refractivity (Wildman–Crippen MR) is 133 cm³/mol. The molecule has 2 aliphatic heterocycles.